The summed E-state index contributed by atoms with van der Waals surface area (Å²) in [5.41, 5.74) is 0.477. The number of carbonyl (C=O) groups is 4. The van der Waals surface area contributed by atoms with Gasteiger partial charge in [-0.05, 0) is 76.3 Å². The number of carboxylic acid groups (broad SMARTS) is 1. The zero-order valence-corrected chi connectivity index (χ0v) is 33.9. The van der Waals surface area contributed by atoms with Gasteiger partial charge in [-0.3, -0.25) is 9.59 Å². The number of benzene rings is 1. The molecule has 4 heterocycles. The van der Waals surface area contributed by atoms with Crippen molar-refractivity contribution in [1.29, 1.82) is 0 Å². The molecule has 14 nitrogen and oxygen atoms in total. The van der Waals surface area contributed by atoms with Crippen molar-refractivity contribution in [3.63, 3.8) is 0 Å². The Kier molecular flexibility index (Phi) is 12.0. The lowest BCUT2D eigenvalue weighted by Gasteiger charge is -2.29. The predicted octanol–water partition coefficient (Wildman–Crippen LogP) is 6.98. The fourth-order valence-corrected chi connectivity index (χ4v) is 9.85. The third-order valence-electron chi connectivity index (χ3n) is 12.5. The molecule has 3 aromatic rings. The Morgan fingerprint density at radius 1 is 0.948 bits per heavy atom. The average Bonchev–Trinajstić information content (AvgIpc) is 3.65. The molecule has 15 heteroatoms. The SMILES string of the molecule is COc1ccc2c(O[C@@H]3CC4C(=O)N[C@]5(C(=O)O)C[C@H]5/C=C\CCCCC[C@@H](NC(=O)OC5CCCC5)C(=O)N4C3)cc(-c3csc(NC4CCCCC4)n3)nc2c1. The van der Waals surface area contributed by atoms with Gasteiger partial charge >= 0.3 is 12.1 Å². The number of aliphatic carboxylic acids is 1. The second-order valence-electron chi connectivity index (χ2n) is 16.5. The van der Waals surface area contributed by atoms with Gasteiger partial charge in [0.1, 0.15) is 47.0 Å². The van der Waals surface area contributed by atoms with Gasteiger partial charge in [0, 0.05) is 41.3 Å². The minimum Gasteiger partial charge on any atom is -0.497 e. The quantitative estimate of drug-likeness (QED) is 0.164. The number of nitrogens with one attached hydrogen (secondary N) is 3. The number of ether oxygens (including phenoxy) is 3. The van der Waals surface area contributed by atoms with Gasteiger partial charge in [0.2, 0.25) is 11.8 Å². The number of anilines is 1. The van der Waals surface area contributed by atoms with Crippen LogP contribution >= 0.6 is 11.3 Å². The van der Waals surface area contributed by atoms with Crippen LogP contribution in [0.3, 0.4) is 0 Å². The molecule has 3 aliphatic carbocycles. The Morgan fingerprint density at radius 3 is 2.52 bits per heavy atom. The first-order valence-electron chi connectivity index (χ1n) is 21.1. The lowest BCUT2D eigenvalue weighted by Crippen LogP contribution is -2.56. The standard InChI is InChI=1S/C43H54N6O8S/c1-55-29-18-19-31-33(20-29)45-34(35-25-58-41(46-35)44-27-13-7-5-8-14-27)22-37(31)56-30-21-36-38(50)48-43(40(52)53)23-26(43)12-6-3-2-4-9-17-32(39(51)49(36)24-30)47-42(54)57-28-15-10-11-16-28/h6,12,18-20,22,25-28,30,32,36H,2-5,7-11,13-17,21,23-24H2,1H3,(H,44,46)(H,47,54)(H,48,50)(H,52,53)/b12-6-/t26-,30-,32-,36?,43-/m1/s1. The third-order valence-corrected chi connectivity index (χ3v) is 13.2. The average molecular weight is 815 g/mol. The van der Waals surface area contributed by atoms with Crippen molar-refractivity contribution in [3.05, 3.63) is 41.8 Å². The number of nitrogens with zero attached hydrogens (tertiary/aromatic N) is 3. The van der Waals surface area contributed by atoms with Crippen LogP contribution in [0.5, 0.6) is 11.5 Å². The molecule has 1 saturated heterocycles. The number of allylic oxidation sites excluding steroid dienone is 1. The van der Waals surface area contributed by atoms with Gasteiger partial charge in [-0.2, -0.15) is 0 Å². The van der Waals surface area contributed by atoms with E-state index in [1.807, 2.05) is 41.8 Å². The largest absolute Gasteiger partial charge is 0.497 e. The van der Waals surface area contributed by atoms with E-state index in [1.54, 1.807) is 7.11 Å². The topological polar surface area (TPSA) is 181 Å². The van der Waals surface area contributed by atoms with Crippen LogP contribution in [0.25, 0.3) is 22.3 Å². The van der Waals surface area contributed by atoms with Crippen molar-refractivity contribution >= 4 is 51.2 Å². The van der Waals surface area contributed by atoms with Crippen LogP contribution in [-0.2, 0) is 19.1 Å². The van der Waals surface area contributed by atoms with Gasteiger partial charge in [0.05, 0.1) is 24.9 Å². The predicted molar refractivity (Wildman–Crippen MR) is 219 cm³/mol. The smallest absolute Gasteiger partial charge is 0.408 e. The van der Waals surface area contributed by atoms with Crippen molar-refractivity contribution in [2.45, 2.75) is 139 Å². The first kappa shape index (κ1) is 39.9. The van der Waals surface area contributed by atoms with E-state index in [0.29, 0.717) is 52.7 Å². The van der Waals surface area contributed by atoms with Crippen LogP contribution in [0.2, 0.25) is 0 Å². The number of aromatic nitrogens is 2. The van der Waals surface area contributed by atoms with Gasteiger partial charge in [-0.25, -0.2) is 19.6 Å². The minimum absolute atomic E-state index is 0.0393. The van der Waals surface area contributed by atoms with Crippen LogP contribution < -0.4 is 25.4 Å². The highest BCUT2D eigenvalue weighted by molar-refractivity contribution is 7.14. The van der Waals surface area contributed by atoms with Gasteiger partial charge in [-0.1, -0.05) is 44.3 Å². The first-order valence-corrected chi connectivity index (χ1v) is 21.9. The normalized spacial score (nSPS) is 27.7. The zero-order valence-electron chi connectivity index (χ0n) is 33.1. The molecule has 2 aromatic heterocycles. The Balaban J connectivity index is 1.09. The number of hydrogen-bond acceptors (Lipinski definition) is 11. The monoisotopic (exact) mass is 814 g/mol. The van der Waals surface area contributed by atoms with Crippen molar-refractivity contribution in [1.82, 2.24) is 25.5 Å². The molecule has 5 atom stereocenters. The summed E-state index contributed by atoms with van der Waals surface area (Å²) in [5.74, 6) is -1.32. The van der Waals surface area contributed by atoms with Crippen LogP contribution in [0, 0.1) is 5.92 Å². The Hall–Kier alpha value is -4.92. The molecule has 0 spiro atoms. The Labute approximate surface area is 342 Å². The fraction of sp³-hybridized carbons (Fsp3) is 0.581. The number of carbonyl (C=O) groups excluding carboxylic acids is 3. The van der Waals surface area contributed by atoms with Crippen LogP contribution in [0.1, 0.15) is 103 Å². The van der Waals surface area contributed by atoms with E-state index >= 15 is 0 Å². The van der Waals surface area contributed by atoms with E-state index in [-0.39, 0.29) is 31.4 Å². The summed E-state index contributed by atoms with van der Waals surface area (Å²) in [7, 11) is 1.60. The number of amides is 3. The number of pyridine rings is 1. The molecule has 8 rings (SSSR count). The lowest BCUT2D eigenvalue weighted by molar-refractivity contribution is -0.145. The lowest BCUT2D eigenvalue weighted by atomic mass is 9.96. The highest BCUT2D eigenvalue weighted by Crippen LogP contribution is 2.45. The van der Waals surface area contributed by atoms with Crippen molar-refractivity contribution < 1.29 is 38.5 Å². The van der Waals surface area contributed by atoms with Gasteiger partial charge in [0.25, 0.3) is 0 Å². The van der Waals surface area contributed by atoms with E-state index < -0.39 is 47.6 Å². The number of hydrogen-bond donors (Lipinski definition) is 4. The summed E-state index contributed by atoms with van der Waals surface area (Å²) in [5, 5.41) is 23.1. The van der Waals surface area contributed by atoms with E-state index in [4.69, 9.17) is 24.2 Å². The summed E-state index contributed by atoms with van der Waals surface area (Å²) in [6, 6.07) is 5.80. The molecule has 3 saturated carbocycles. The van der Waals surface area contributed by atoms with Crippen LogP contribution in [-0.4, -0.2) is 93.4 Å². The number of methoxy groups -OCH3 is 1. The summed E-state index contributed by atoms with van der Waals surface area (Å²) in [4.78, 5) is 66.0. The van der Waals surface area contributed by atoms with Crippen LogP contribution in [0.15, 0.2) is 41.8 Å². The van der Waals surface area contributed by atoms with E-state index in [1.165, 1.54) is 35.5 Å². The highest BCUT2D eigenvalue weighted by Gasteiger charge is 2.61. The van der Waals surface area contributed by atoms with E-state index in [0.717, 1.165) is 62.9 Å². The molecule has 5 aliphatic rings. The van der Waals surface area contributed by atoms with Gasteiger partial charge < -0.3 is 40.2 Å². The van der Waals surface area contributed by atoms with Crippen molar-refractivity contribution in [3.8, 4) is 22.9 Å². The highest BCUT2D eigenvalue weighted by atomic mass is 32.1. The number of alkyl carbamates (subject to hydrolysis) is 1. The Bertz CT molecular complexity index is 2030. The van der Waals surface area contributed by atoms with Gasteiger partial charge in [0.15, 0.2) is 5.13 Å². The molecule has 4 N–H and O–H groups in total. The second kappa shape index (κ2) is 17.5. The maximum atomic E-state index is 14.6. The maximum Gasteiger partial charge on any atom is 0.408 e. The number of thiazole rings is 1. The third kappa shape index (κ3) is 8.88. The maximum absolute atomic E-state index is 14.6. The van der Waals surface area contributed by atoms with Crippen molar-refractivity contribution in [2.24, 2.45) is 5.92 Å². The molecule has 0 radical (unpaired) electrons. The zero-order chi connectivity index (χ0) is 40.2. The molecule has 1 unspecified atom stereocenters. The van der Waals surface area contributed by atoms with E-state index in [9.17, 15) is 24.3 Å². The Morgan fingerprint density at radius 2 is 1.72 bits per heavy atom. The summed E-state index contributed by atoms with van der Waals surface area (Å²) in [6.45, 7) is 0.0393. The molecule has 4 fully saturated rings. The number of rotatable bonds is 9. The van der Waals surface area contributed by atoms with E-state index in [2.05, 4.69) is 16.0 Å². The minimum atomic E-state index is -1.45. The molecule has 2 aliphatic heterocycles. The van der Waals surface area contributed by atoms with Gasteiger partial charge in [-0.15, -0.1) is 11.3 Å². The number of carboxylic acids is 1. The summed E-state index contributed by atoms with van der Waals surface area (Å²) in [6.07, 6.45) is 15.7. The summed E-state index contributed by atoms with van der Waals surface area (Å²) >= 11 is 1.53. The fourth-order valence-electron chi connectivity index (χ4n) is 9.07. The van der Waals surface area contributed by atoms with Crippen LogP contribution in [0.4, 0.5) is 9.93 Å². The molecule has 1 aromatic carbocycles. The number of fused-ring (bicyclic) bond motifs is 3. The molecule has 3 amide bonds. The molecule has 310 valence electrons. The second-order valence-corrected chi connectivity index (χ2v) is 17.4. The summed E-state index contributed by atoms with van der Waals surface area (Å²) < 4.78 is 18.0. The van der Waals surface area contributed by atoms with Crippen molar-refractivity contribution in [2.75, 3.05) is 19.0 Å². The molecule has 58 heavy (non-hydrogen) atoms. The first-order chi connectivity index (χ1) is 28.2. The molecular weight excluding hydrogens is 761 g/mol. The molecular formula is C43H54N6O8S. The molecule has 0 bridgehead atoms.